The van der Waals surface area contributed by atoms with Crippen LogP contribution in [-0.2, 0) is 0 Å². The van der Waals surface area contributed by atoms with E-state index in [2.05, 4.69) is 5.10 Å². The van der Waals surface area contributed by atoms with Crippen molar-refractivity contribution in [3.05, 3.63) is 37.4 Å². The molecule has 0 amide bonds. The number of halogens is 5. The van der Waals surface area contributed by atoms with Gasteiger partial charge in [-0.05, 0) is 13.0 Å². The van der Waals surface area contributed by atoms with E-state index in [0.29, 0.717) is 4.68 Å². The maximum absolute atomic E-state index is 12.7. The average molecular weight is 344 g/mol. The van der Waals surface area contributed by atoms with Crippen LogP contribution >= 0.6 is 34.8 Å². The summed E-state index contributed by atoms with van der Waals surface area (Å²) in [5.74, 6) is -0.175. The van der Waals surface area contributed by atoms with E-state index in [4.69, 9.17) is 40.5 Å². The second-order valence-electron chi connectivity index (χ2n) is 3.82. The van der Waals surface area contributed by atoms with Gasteiger partial charge in [0.1, 0.15) is 5.82 Å². The molecular weight excluding hydrogens is 336 g/mol. The Morgan fingerprint density at radius 3 is 2.35 bits per heavy atom. The van der Waals surface area contributed by atoms with Gasteiger partial charge in [-0.25, -0.2) is 9.36 Å². The molecule has 1 aromatic heterocycles. The third kappa shape index (κ3) is 2.25. The van der Waals surface area contributed by atoms with Gasteiger partial charge in [-0.1, -0.05) is 34.8 Å². The van der Waals surface area contributed by atoms with Crippen molar-refractivity contribution in [3.8, 4) is 5.69 Å². The first-order valence-corrected chi connectivity index (χ1v) is 6.28. The molecule has 0 aliphatic rings. The van der Waals surface area contributed by atoms with Crippen molar-refractivity contribution in [2.24, 2.45) is 0 Å². The van der Waals surface area contributed by atoms with Crippen LogP contribution in [-0.4, -0.2) is 14.3 Å². The van der Waals surface area contributed by atoms with Gasteiger partial charge in [0, 0.05) is 0 Å². The van der Waals surface area contributed by atoms with Crippen molar-refractivity contribution >= 4 is 40.5 Å². The van der Waals surface area contributed by atoms with Crippen LogP contribution in [0.25, 0.3) is 5.69 Å². The van der Waals surface area contributed by atoms with Crippen LogP contribution < -0.4 is 11.4 Å². The van der Waals surface area contributed by atoms with Gasteiger partial charge in [0.15, 0.2) is 0 Å². The molecule has 10 heteroatoms. The van der Waals surface area contributed by atoms with Gasteiger partial charge < -0.3 is 5.73 Å². The lowest BCUT2D eigenvalue weighted by atomic mass is 10.3. The number of hydrogen-bond donors (Lipinski definition) is 1. The molecular formula is C10H7Cl3F2N4O. The highest BCUT2D eigenvalue weighted by Crippen LogP contribution is 2.38. The lowest BCUT2D eigenvalue weighted by Crippen LogP contribution is -2.25. The van der Waals surface area contributed by atoms with Gasteiger partial charge in [-0.3, -0.25) is 0 Å². The van der Waals surface area contributed by atoms with E-state index in [9.17, 15) is 13.6 Å². The number of hydrogen-bond acceptors (Lipinski definition) is 3. The van der Waals surface area contributed by atoms with E-state index in [1.165, 1.54) is 13.0 Å². The predicted octanol–water partition coefficient (Wildman–Crippen LogP) is 3.28. The van der Waals surface area contributed by atoms with Crippen molar-refractivity contribution in [3.63, 3.8) is 0 Å². The minimum Gasteiger partial charge on any atom is -0.397 e. The van der Waals surface area contributed by atoms with E-state index in [0.717, 1.165) is 0 Å². The van der Waals surface area contributed by atoms with Gasteiger partial charge in [0.05, 0.1) is 26.4 Å². The molecule has 1 heterocycles. The molecule has 0 radical (unpaired) electrons. The second-order valence-corrected chi connectivity index (χ2v) is 4.95. The van der Waals surface area contributed by atoms with Gasteiger partial charge >= 0.3 is 12.2 Å². The molecule has 0 saturated heterocycles. The predicted molar refractivity (Wildman–Crippen MR) is 73.3 cm³/mol. The number of anilines is 1. The van der Waals surface area contributed by atoms with Crippen LogP contribution in [0.4, 0.5) is 14.5 Å². The quantitative estimate of drug-likeness (QED) is 0.672. The third-order valence-electron chi connectivity index (χ3n) is 2.56. The molecule has 0 atom stereocenters. The maximum Gasteiger partial charge on any atom is 0.355 e. The molecule has 2 aromatic rings. The first kappa shape index (κ1) is 15.1. The molecule has 0 fully saturated rings. The van der Waals surface area contributed by atoms with E-state index in [1.807, 2.05) is 0 Å². The number of benzene rings is 1. The molecule has 1 aromatic carbocycles. The molecule has 2 rings (SSSR count). The summed E-state index contributed by atoms with van der Waals surface area (Å²) >= 11 is 17.6. The number of nitrogen functional groups attached to an aromatic ring is 1. The molecule has 2 N–H and O–H groups in total. The second kappa shape index (κ2) is 5.23. The van der Waals surface area contributed by atoms with E-state index < -0.39 is 12.2 Å². The lowest BCUT2D eigenvalue weighted by molar-refractivity contribution is 0.0640. The molecule has 0 unspecified atom stereocenters. The first-order valence-electron chi connectivity index (χ1n) is 5.15. The summed E-state index contributed by atoms with van der Waals surface area (Å²) in [5.41, 5.74) is 4.58. The zero-order chi connectivity index (χ0) is 15.2. The molecule has 0 bridgehead atoms. The fraction of sp³-hybridized carbons (Fsp3) is 0.200. The van der Waals surface area contributed by atoms with Crippen LogP contribution in [0.2, 0.25) is 15.1 Å². The van der Waals surface area contributed by atoms with Gasteiger partial charge in [-0.15, -0.1) is 5.10 Å². The van der Waals surface area contributed by atoms with Gasteiger partial charge in [0.2, 0.25) is 0 Å². The van der Waals surface area contributed by atoms with Crippen LogP contribution in [0.5, 0.6) is 0 Å². The number of rotatable bonds is 2. The van der Waals surface area contributed by atoms with Crippen LogP contribution in [0, 0.1) is 6.92 Å². The zero-order valence-corrected chi connectivity index (χ0v) is 12.1. The summed E-state index contributed by atoms with van der Waals surface area (Å²) in [6.07, 6.45) is 0. The number of aryl methyl sites for hydroxylation is 1. The van der Waals surface area contributed by atoms with Crippen molar-refractivity contribution in [1.29, 1.82) is 0 Å². The van der Waals surface area contributed by atoms with Crippen LogP contribution in [0.3, 0.4) is 0 Å². The average Bonchev–Trinajstić information content (AvgIpc) is 2.66. The summed E-state index contributed by atoms with van der Waals surface area (Å²) in [6.45, 7) is -1.76. The summed E-state index contributed by atoms with van der Waals surface area (Å²) in [4.78, 5) is 11.9. The minimum absolute atomic E-state index is 0.0125. The summed E-state index contributed by atoms with van der Waals surface area (Å²) in [7, 11) is 0. The Labute approximate surface area is 126 Å². The Balaban J connectivity index is 2.77. The van der Waals surface area contributed by atoms with Crippen LogP contribution in [0.15, 0.2) is 10.9 Å². The van der Waals surface area contributed by atoms with Crippen molar-refractivity contribution in [1.82, 2.24) is 14.3 Å². The van der Waals surface area contributed by atoms with Crippen molar-refractivity contribution < 1.29 is 8.78 Å². The molecule has 0 aliphatic carbocycles. The Kier molecular flexibility index (Phi) is 3.95. The lowest BCUT2D eigenvalue weighted by Gasteiger charge is -2.08. The number of nitrogens with two attached hydrogens (primary N) is 1. The zero-order valence-electron chi connectivity index (χ0n) is 9.87. The molecule has 0 aliphatic heterocycles. The van der Waals surface area contributed by atoms with Gasteiger partial charge in [0.25, 0.3) is 0 Å². The summed E-state index contributed by atoms with van der Waals surface area (Å²) in [5, 5.41) is 3.54. The topological polar surface area (TPSA) is 65.8 Å². The number of nitrogens with zero attached hydrogens (tertiary/aromatic N) is 3. The highest BCUT2D eigenvalue weighted by Gasteiger charge is 2.22. The molecule has 5 nitrogen and oxygen atoms in total. The fourth-order valence-electron chi connectivity index (χ4n) is 1.62. The number of alkyl halides is 2. The molecule has 108 valence electrons. The monoisotopic (exact) mass is 342 g/mol. The van der Waals surface area contributed by atoms with E-state index >= 15 is 0 Å². The summed E-state index contributed by atoms with van der Waals surface area (Å²) in [6, 6.07) is 1.24. The van der Waals surface area contributed by atoms with Crippen molar-refractivity contribution in [2.45, 2.75) is 13.5 Å². The SMILES string of the molecule is Cc1nn(-c2cc(N)c(Cl)c(Cl)c2Cl)c(=O)n1C(F)F. The maximum atomic E-state index is 12.7. The third-order valence-corrected chi connectivity index (χ3v) is 3.92. The first-order chi connectivity index (χ1) is 9.25. The van der Waals surface area contributed by atoms with E-state index in [1.54, 1.807) is 0 Å². The Morgan fingerprint density at radius 2 is 1.85 bits per heavy atom. The largest absolute Gasteiger partial charge is 0.397 e. The Morgan fingerprint density at radius 1 is 1.25 bits per heavy atom. The minimum atomic E-state index is -3.02. The Hall–Kier alpha value is -1.31. The van der Waals surface area contributed by atoms with Crippen LogP contribution in [0.1, 0.15) is 12.4 Å². The molecule has 0 saturated carbocycles. The molecule has 0 spiro atoms. The highest BCUT2D eigenvalue weighted by atomic mass is 35.5. The fourth-order valence-corrected chi connectivity index (χ4v) is 2.25. The van der Waals surface area contributed by atoms with Crippen molar-refractivity contribution in [2.75, 3.05) is 5.73 Å². The standard InChI is InChI=1S/C10H7Cl3F2N4O/c1-3-17-19(10(20)18(3)9(14)15)5-2-4(16)6(11)8(13)7(5)12/h2,9H,16H2,1H3. The molecule has 20 heavy (non-hydrogen) atoms. The van der Waals surface area contributed by atoms with E-state index in [-0.39, 0.29) is 36.8 Å². The smallest absolute Gasteiger partial charge is 0.355 e. The normalized spacial score (nSPS) is 11.3. The number of aromatic nitrogens is 3. The Bertz CT molecular complexity index is 741. The van der Waals surface area contributed by atoms with Gasteiger partial charge in [-0.2, -0.15) is 13.5 Å². The summed E-state index contributed by atoms with van der Waals surface area (Å²) < 4.78 is 26.4. The highest BCUT2D eigenvalue weighted by molar-refractivity contribution is 6.49.